The first-order chi connectivity index (χ1) is 9.69. The minimum absolute atomic E-state index is 0.000890. The summed E-state index contributed by atoms with van der Waals surface area (Å²) in [4.78, 5) is 20.2. The molecule has 1 aliphatic rings. The Morgan fingerprint density at radius 2 is 2.05 bits per heavy atom. The van der Waals surface area contributed by atoms with E-state index in [9.17, 15) is 4.79 Å². The summed E-state index contributed by atoms with van der Waals surface area (Å²) in [7, 11) is 0. The third-order valence-corrected chi connectivity index (χ3v) is 3.52. The van der Waals surface area contributed by atoms with Crippen molar-refractivity contribution in [1.82, 2.24) is 20.1 Å². The van der Waals surface area contributed by atoms with Crippen molar-refractivity contribution in [2.45, 2.75) is 19.5 Å². The number of amides is 2. The Hall–Kier alpha value is -1.88. The van der Waals surface area contributed by atoms with E-state index in [0.717, 1.165) is 32.7 Å². The second-order valence-electron chi connectivity index (χ2n) is 5.09. The lowest BCUT2D eigenvalue weighted by Crippen LogP contribution is -2.52. The summed E-state index contributed by atoms with van der Waals surface area (Å²) < 4.78 is 0. The van der Waals surface area contributed by atoms with Crippen LogP contribution in [0.15, 0.2) is 37.2 Å². The van der Waals surface area contributed by atoms with Crippen LogP contribution < -0.4 is 5.32 Å². The van der Waals surface area contributed by atoms with Crippen molar-refractivity contribution in [2.24, 2.45) is 0 Å². The van der Waals surface area contributed by atoms with Gasteiger partial charge in [0.1, 0.15) is 0 Å². The quantitative estimate of drug-likeness (QED) is 0.846. The molecule has 0 spiro atoms. The number of hydrogen-bond donors (Lipinski definition) is 1. The van der Waals surface area contributed by atoms with Crippen molar-refractivity contribution < 1.29 is 4.79 Å². The van der Waals surface area contributed by atoms with E-state index in [4.69, 9.17) is 0 Å². The molecule has 1 aromatic heterocycles. The summed E-state index contributed by atoms with van der Waals surface area (Å²) in [5, 5.41) is 2.91. The third-order valence-electron chi connectivity index (χ3n) is 3.52. The highest BCUT2D eigenvalue weighted by Gasteiger charge is 2.21. The fraction of sp³-hybridized carbons (Fsp3) is 0.467. The van der Waals surface area contributed by atoms with Gasteiger partial charge in [0.25, 0.3) is 0 Å². The fourth-order valence-electron chi connectivity index (χ4n) is 2.20. The first kappa shape index (κ1) is 14.5. The van der Waals surface area contributed by atoms with Gasteiger partial charge < -0.3 is 10.2 Å². The second kappa shape index (κ2) is 7.05. The zero-order chi connectivity index (χ0) is 14.4. The van der Waals surface area contributed by atoms with E-state index in [1.165, 1.54) is 5.56 Å². The number of carbonyl (C=O) groups excluding carboxylic acids is 1. The van der Waals surface area contributed by atoms with Crippen LogP contribution in [-0.2, 0) is 6.54 Å². The molecular weight excluding hydrogens is 252 g/mol. The van der Waals surface area contributed by atoms with Crippen LogP contribution in [0.1, 0.15) is 12.5 Å². The maximum Gasteiger partial charge on any atom is 0.317 e. The standard InChI is InChI=1S/C15H22N4O/c1-3-13(2)17-15(20)19-10-8-18(9-11-19)12-14-4-6-16-7-5-14/h3-7,13H,1,8-12H2,2H3,(H,17,20)/t13-/m0/s1. The van der Waals surface area contributed by atoms with E-state index >= 15 is 0 Å². The van der Waals surface area contributed by atoms with Crippen LogP contribution in [0.3, 0.4) is 0 Å². The highest BCUT2D eigenvalue weighted by atomic mass is 16.2. The van der Waals surface area contributed by atoms with Crippen LogP contribution in [0.2, 0.25) is 0 Å². The number of hydrogen-bond acceptors (Lipinski definition) is 3. The molecule has 1 aliphatic heterocycles. The summed E-state index contributed by atoms with van der Waals surface area (Å²) in [5.74, 6) is 0. The topological polar surface area (TPSA) is 48.5 Å². The number of nitrogens with zero attached hydrogens (tertiary/aromatic N) is 3. The molecule has 0 aromatic carbocycles. The Kier molecular flexibility index (Phi) is 5.12. The molecule has 20 heavy (non-hydrogen) atoms. The van der Waals surface area contributed by atoms with Crippen LogP contribution in [0.4, 0.5) is 4.79 Å². The summed E-state index contributed by atoms with van der Waals surface area (Å²) in [6.07, 6.45) is 5.36. The predicted molar refractivity (Wildman–Crippen MR) is 79.3 cm³/mol. The zero-order valence-corrected chi connectivity index (χ0v) is 12.0. The Labute approximate surface area is 120 Å². The van der Waals surface area contributed by atoms with E-state index < -0.39 is 0 Å². The Morgan fingerprint density at radius 3 is 2.65 bits per heavy atom. The molecule has 2 rings (SSSR count). The van der Waals surface area contributed by atoms with Gasteiger partial charge in [0, 0.05) is 51.2 Å². The van der Waals surface area contributed by atoms with Gasteiger partial charge in [-0.25, -0.2) is 4.79 Å². The highest BCUT2D eigenvalue weighted by molar-refractivity contribution is 5.74. The number of rotatable bonds is 4. The molecule has 0 bridgehead atoms. The van der Waals surface area contributed by atoms with Crippen LogP contribution in [0.25, 0.3) is 0 Å². The van der Waals surface area contributed by atoms with E-state index in [1.807, 2.05) is 36.4 Å². The summed E-state index contributed by atoms with van der Waals surface area (Å²) in [6, 6.07) is 4.08. The van der Waals surface area contributed by atoms with Crippen molar-refractivity contribution in [2.75, 3.05) is 26.2 Å². The largest absolute Gasteiger partial charge is 0.332 e. The van der Waals surface area contributed by atoms with E-state index in [0.29, 0.717) is 0 Å². The average Bonchev–Trinajstić information content (AvgIpc) is 2.49. The van der Waals surface area contributed by atoms with Crippen molar-refractivity contribution in [3.05, 3.63) is 42.7 Å². The van der Waals surface area contributed by atoms with E-state index in [1.54, 1.807) is 6.08 Å². The number of pyridine rings is 1. The first-order valence-electron chi connectivity index (χ1n) is 6.98. The van der Waals surface area contributed by atoms with Crippen LogP contribution in [0.5, 0.6) is 0 Å². The smallest absolute Gasteiger partial charge is 0.317 e. The highest BCUT2D eigenvalue weighted by Crippen LogP contribution is 2.08. The lowest BCUT2D eigenvalue weighted by molar-refractivity contribution is 0.134. The summed E-state index contributed by atoms with van der Waals surface area (Å²) >= 11 is 0. The van der Waals surface area contributed by atoms with Gasteiger partial charge in [-0.3, -0.25) is 9.88 Å². The van der Waals surface area contributed by atoms with Gasteiger partial charge in [-0.1, -0.05) is 6.08 Å². The molecule has 0 saturated carbocycles. The maximum absolute atomic E-state index is 12.0. The van der Waals surface area contributed by atoms with Crippen molar-refractivity contribution in [3.8, 4) is 0 Å². The molecule has 1 aromatic rings. The van der Waals surface area contributed by atoms with Crippen LogP contribution in [-0.4, -0.2) is 53.0 Å². The molecule has 1 fully saturated rings. The summed E-state index contributed by atoms with van der Waals surface area (Å²) in [6.45, 7) is 9.84. The number of aromatic nitrogens is 1. The van der Waals surface area contributed by atoms with Crippen molar-refractivity contribution in [1.29, 1.82) is 0 Å². The molecule has 0 unspecified atom stereocenters. The zero-order valence-electron chi connectivity index (χ0n) is 12.0. The fourth-order valence-corrected chi connectivity index (χ4v) is 2.20. The normalized spacial score (nSPS) is 17.6. The molecule has 108 valence electrons. The molecule has 1 saturated heterocycles. The Balaban J connectivity index is 1.77. The molecule has 2 amide bonds. The van der Waals surface area contributed by atoms with Gasteiger partial charge in [-0.2, -0.15) is 0 Å². The first-order valence-corrected chi connectivity index (χ1v) is 6.98. The van der Waals surface area contributed by atoms with Crippen LogP contribution >= 0.6 is 0 Å². The molecule has 1 atom stereocenters. The minimum Gasteiger partial charge on any atom is -0.332 e. The lowest BCUT2D eigenvalue weighted by atomic mass is 10.2. The van der Waals surface area contributed by atoms with Gasteiger partial charge in [0.15, 0.2) is 0 Å². The summed E-state index contributed by atoms with van der Waals surface area (Å²) in [5.41, 5.74) is 1.26. The van der Waals surface area contributed by atoms with Gasteiger partial charge in [0.05, 0.1) is 0 Å². The Bertz CT molecular complexity index is 440. The van der Waals surface area contributed by atoms with Crippen molar-refractivity contribution >= 4 is 6.03 Å². The van der Waals surface area contributed by atoms with Gasteiger partial charge in [-0.05, 0) is 24.6 Å². The third kappa shape index (κ3) is 4.06. The minimum atomic E-state index is 0.000890. The molecule has 5 nitrogen and oxygen atoms in total. The van der Waals surface area contributed by atoms with Crippen LogP contribution in [0, 0.1) is 0 Å². The SMILES string of the molecule is C=C[C@H](C)NC(=O)N1CCN(Cc2ccncc2)CC1. The average molecular weight is 274 g/mol. The molecule has 5 heteroatoms. The maximum atomic E-state index is 12.0. The van der Waals surface area contributed by atoms with E-state index in [-0.39, 0.29) is 12.1 Å². The predicted octanol–water partition coefficient (Wildman–Crippen LogP) is 1.48. The van der Waals surface area contributed by atoms with Gasteiger partial charge in [-0.15, -0.1) is 6.58 Å². The molecule has 1 N–H and O–H groups in total. The number of nitrogens with one attached hydrogen (secondary N) is 1. The van der Waals surface area contributed by atoms with E-state index in [2.05, 4.69) is 21.8 Å². The second-order valence-corrected chi connectivity index (χ2v) is 5.09. The number of piperazine rings is 1. The molecule has 2 heterocycles. The van der Waals surface area contributed by atoms with Gasteiger partial charge >= 0.3 is 6.03 Å². The van der Waals surface area contributed by atoms with Gasteiger partial charge in [0.2, 0.25) is 0 Å². The Morgan fingerprint density at radius 1 is 1.40 bits per heavy atom. The molecular formula is C15H22N4O. The monoisotopic (exact) mass is 274 g/mol. The number of carbonyl (C=O) groups is 1. The molecule has 0 aliphatic carbocycles. The van der Waals surface area contributed by atoms with Crippen molar-refractivity contribution in [3.63, 3.8) is 0 Å². The lowest BCUT2D eigenvalue weighted by Gasteiger charge is -2.35. The molecule has 0 radical (unpaired) electrons. The number of urea groups is 1.